The fourth-order valence-electron chi connectivity index (χ4n) is 3.15. The van der Waals surface area contributed by atoms with Crippen molar-refractivity contribution < 1.29 is 19.4 Å². The molecule has 1 saturated heterocycles. The van der Waals surface area contributed by atoms with E-state index in [1.807, 2.05) is 24.3 Å². The van der Waals surface area contributed by atoms with Crippen LogP contribution in [-0.4, -0.2) is 41.7 Å². The molecular weight excluding hydrogens is 356 g/mol. The standard InChI is InChI=1S/C19H19ClN2O4/c20-15-3-1-2-14(10-15)19(6-8-26-9-7-19)12-22-17(23)13-4-5-16(18(24)25)21-11-13/h1-5,10-11H,6-9,12H2,(H,22,23)(H,24,25). The Hall–Kier alpha value is -2.44. The van der Waals surface area contributed by atoms with Crippen molar-refractivity contribution >= 4 is 23.5 Å². The number of pyridine rings is 1. The number of carbonyl (C=O) groups is 2. The van der Waals surface area contributed by atoms with Gasteiger partial charge in [0.05, 0.1) is 5.56 Å². The number of benzene rings is 1. The molecule has 0 atom stereocenters. The van der Waals surface area contributed by atoms with Crippen molar-refractivity contribution in [3.05, 3.63) is 64.4 Å². The summed E-state index contributed by atoms with van der Waals surface area (Å²) in [4.78, 5) is 27.1. The van der Waals surface area contributed by atoms with E-state index in [9.17, 15) is 9.59 Å². The number of halogens is 1. The van der Waals surface area contributed by atoms with Crippen molar-refractivity contribution in [1.82, 2.24) is 10.3 Å². The maximum Gasteiger partial charge on any atom is 0.354 e. The summed E-state index contributed by atoms with van der Waals surface area (Å²) in [5, 5.41) is 12.5. The van der Waals surface area contributed by atoms with Gasteiger partial charge < -0.3 is 15.2 Å². The van der Waals surface area contributed by atoms with Gasteiger partial charge in [0.15, 0.2) is 0 Å². The molecule has 2 aromatic rings. The minimum atomic E-state index is -1.13. The predicted molar refractivity (Wildman–Crippen MR) is 96.7 cm³/mol. The molecule has 1 aromatic carbocycles. The molecule has 3 rings (SSSR count). The van der Waals surface area contributed by atoms with Crippen molar-refractivity contribution in [1.29, 1.82) is 0 Å². The Balaban J connectivity index is 1.75. The number of hydrogen-bond acceptors (Lipinski definition) is 4. The zero-order valence-electron chi connectivity index (χ0n) is 14.1. The molecule has 7 heteroatoms. The lowest BCUT2D eigenvalue weighted by molar-refractivity contribution is 0.0487. The van der Waals surface area contributed by atoms with Gasteiger partial charge in [-0.3, -0.25) is 4.79 Å². The number of ether oxygens (including phenoxy) is 1. The number of hydrogen-bond donors (Lipinski definition) is 2. The summed E-state index contributed by atoms with van der Waals surface area (Å²) < 4.78 is 5.49. The Morgan fingerprint density at radius 1 is 1.23 bits per heavy atom. The number of nitrogens with zero attached hydrogens (tertiary/aromatic N) is 1. The van der Waals surface area contributed by atoms with Crippen LogP contribution in [0.2, 0.25) is 5.02 Å². The van der Waals surface area contributed by atoms with Crippen LogP contribution in [0.5, 0.6) is 0 Å². The highest BCUT2D eigenvalue weighted by Gasteiger charge is 2.35. The fourth-order valence-corrected chi connectivity index (χ4v) is 3.34. The molecule has 1 aliphatic rings. The van der Waals surface area contributed by atoms with E-state index in [0.29, 0.717) is 30.3 Å². The molecule has 1 aromatic heterocycles. The summed E-state index contributed by atoms with van der Waals surface area (Å²) in [5.74, 6) is -1.42. The lowest BCUT2D eigenvalue weighted by Crippen LogP contribution is -2.44. The van der Waals surface area contributed by atoms with Crippen molar-refractivity contribution in [2.24, 2.45) is 0 Å². The average molecular weight is 375 g/mol. The molecule has 1 fully saturated rings. The van der Waals surface area contributed by atoms with E-state index in [0.717, 1.165) is 18.4 Å². The second-order valence-corrected chi connectivity index (χ2v) is 6.76. The third-order valence-corrected chi connectivity index (χ3v) is 4.95. The summed E-state index contributed by atoms with van der Waals surface area (Å²) in [7, 11) is 0. The lowest BCUT2D eigenvalue weighted by Gasteiger charge is -2.38. The number of carbonyl (C=O) groups excluding carboxylic acids is 1. The number of rotatable bonds is 5. The minimum absolute atomic E-state index is 0.0959. The van der Waals surface area contributed by atoms with Gasteiger partial charge in [-0.25, -0.2) is 9.78 Å². The summed E-state index contributed by atoms with van der Waals surface area (Å²) >= 11 is 6.15. The number of amides is 1. The van der Waals surface area contributed by atoms with Gasteiger partial charge in [0, 0.05) is 36.4 Å². The van der Waals surface area contributed by atoms with Gasteiger partial charge in [0.25, 0.3) is 5.91 Å². The molecule has 0 spiro atoms. The van der Waals surface area contributed by atoms with Gasteiger partial charge in [0.2, 0.25) is 0 Å². The number of carboxylic acid groups (broad SMARTS) is 1. The van der Waals surface area contributed by atoms with E-state index >= 15 is 0 Å². The average Bonchev–Trinajstić information content (AvgIpc) is 2.67. The Kier molecular flexibility index (Phi) is 5.54. The molecule has 1 amide bonds. The highest BCUT2D eigenvalue weighted by Crippen LogP contribution is 2.35. The molecular formula is C19H19ClN2O4. The maximum absolute atomic E-state index is 12.5. The first-order chi connectivity index (χ1) is 12.5. The minimum Gasteiger partial charge on any atom is -0.477 e. The molecule has 0 bridgehead atoms. The topological polar surface area (TPSA) is 88.5 Å². The van der Waals surface area contributed by atoms with Crippen molar-refractivity contribution in [2.75, 3.05) is 19.8 Å². The highest BCUT2D eigenvalue weighted by molar-refractivity contribution is 6.30. The normalized spacial score (nSPS) is 16.0. The van der Waals surface area contributed by atoms with Gasteiger partial charge in [-0.1, -0.05) is 23.7 Å². The van der Waals surface area contributed by atoms with Gasteiger partial charge >= 0.3 is 5.97 Å². The van der Waals surface area contributed by atoms with E-state index in [1.165, 1.54) is 18.3 Å². The molecule has 136 valence electrons. The van der Waals surface area contributed by atoms with Crippen LogP contribution in [0.3, 0.4) is 0 Å². The monoisotopic (exact) mass is 374 g/mol. The van der Waals surface area contributed by atoms with Crippen LogP contribution < -0.4 is 5.32 Å². The third-order valence-electron chi connectivity index (χ3n) is 4.72. The van der Waals surface area contributed by atoms with Crippen molar-refractivity contribution in [2.45, 2.75) is 18.3 Å². The van der Waals surface area contributed by atoms with Crippen LogP contribution in [0, 0.1) is 0 Å². The van der Waals surface area contributed by atoms with Crippen LogP contribution in [0.4, 0.5) is 0 Å². The molecule has 6 nitrogen and oxygen atoms in total. The maximum atomic E-state index is 12.5. The Morgan fingerprint density at radius 2 is 2.00 bits per heavy atom. The molecule has 0 radical (unpaired) electrons. The van der Waals surface area contributed by atoms with Crippen LogP contribution in [0.15, 0.2) is 42.6 Å². The third kappa shape index (κ3) is 4.03. The summed E-state index contributed by atoms with van der Waals surface area (Å²) in [6.45, 7) is 1.69. The number of carboxylic acids is 1. The highest BCUT2D eigenvalue weighted by atomic mass is 35.5. The summed E-state index contributed by atoms with van der Waals surface area (Å²) in [5.41, 5.74) is 1.06. The van der Waals surface area contributed by atoms with Crippen LogP contribution in [0.1, 0.15) is 39.3 Å². The van der Waals surface area contributed by atoms with Gasteiger partial charge in [-0.2, -0.15) is 0 Å². The Morgan fingerprint density at radius 3 is 2.62 bits per heavy atom. The van der Waals surface area contributed by atoms with E-state index < -0.39 is 5.97 Å². The Bertz CT molecular complexity index is 801. The first-order valence-corrected chi connectivity index (χ1v) is 8.69. The summed E-state index contributed by atoms with van der Waals surface area (Å²) in [6.07, 6.45) is 2.84. The van der Waals surface area contributed by atoms with Crippen LogP contribution >= 0.6 is 11.6 Å². The number of aromatic carboxylic acids is 1. The molecule has 0 unspecified atom stereocenters. The smallest absolute Gasteiger partial charge is 0.354 e. The van der Waals surface area contributed by atoms with Gasteiger partial charge in [-0.05, 0) is 42.7 Å². The zero-order chi connectivity index (χ0) is 18.6. The van der Waals surface area contributed by atoms with Crippen molar-refractivity contribution in [3.8, 4) is 0 Å². The van der Waals surface area contributed by atoms with E-state index in [4.69, 9.17) is 21.4 Å². The van der Waals surface area contributed by atoms with E-state index in [1.54, 1.807) is 0 Å². The number of nitrogens with one attached hydrogen (secondary N) is 1. The lowest BCUT2D eigenvalue weighted by atomic mass is 9.74. The Labute approximate surface area is 156 Å². The molecule has 2 N–H and O–H groups in total. The molecule has 0 aliphatic carbocycles. The second kappa shape index (κ2) is 7.85. The molecule has 2 heterocycles. The van der Waals surface area contributed by atoms with Crippen molar-refractivity contribution in [3.63, 3.8) is 0 Å². The van der Waals surface area contributed by atoms with Gasteiger partial charge in [0.1, 0.15) is 5.69 Å². The van der Waals surface area contributed by atoms with E-state index in [2.05, 4.69) is 10.3 Å². The van der Waals surface area contributed by atoms with Crippen LogP contribution in [0.25, 0.3) is 0 Å². The zero-order valence-corrected chi connectivity index (χ0v) is 14.8. The van der Waals surface area contributed by atoms with E-state index in [-0.39, 0.29) is 17.0 Å². The first kappa shape index (κ1) is 18.4. The SMILES string of the molecule is O=C(NCC1(c2cccc(Cl)c2)CCOCC1)c1ccc(C(=O)O)nc1. The molecule has 26 heavy (non-hydrogen) atoms. The summed E-state index contributed by atoms with van der Waals surface area (Å²) in [6, 6.07) is 10.5. The quantitative estimate of drug-likeness (QED) is 0.840. The second-order valence-electron chi connectivity index (χ2n) is 6.32. The van der Waals surface area contributed by atoms with Gasteiger partial charge in [-0.15, -0.1) is 0 Å². The van der Waals surface area contributed by atoms with Crippen LogP contribution in [-0.2, 0) is 10.2 Å². The molecule has 1 aliphatic heterocycles. The molecule has 0 saturated carbocycles. The fraction of sp³-hybridized carbons (Fsp3) is 0.316. The largest absolute Gasteiger partial charge is 0.477 e. The predicted octanol–water partition coefficient (Wildman–Crippen LogP) is 2.91. The number of aromatic nitrogens is 1. The first-order valence-electron chi connectivity index (χ1n) is 8.31.